The summed E-state index contributed by atoms with van der Waals surface area (Å²) < 4.78 is 10.8. The fraction of sp³-hybridized carbons (Fsp3) is 0.625. The van der Waals surface area contributed by atoms with Gasteiger partial charge in [0.1, 0.15) is 5.25 Å². The topological polar surface area (TPSA) is 186 Å². The summed E-state index contributed by atoms with van der Waals surface area (Å²) >= 11 is 1.01. The molecule has 2 rings (SSSR count). The minimum absolute atomic E-state index is 0.0996. The van der Waals surface area contributed by atoms with E-state index in [1.165, 1.54) is 0 Å². The molecule has 1 aliphatic rings. The highest BCUT2D eigenvalue weighted by molar-refractivity contribution is 8.01. The third-order valence-electron chi connectivity index (χ3n) is 4.50. The molecule has 0 unspecified atom stereocenters. The Hall–Kier alpha value is -3.23. The van der Waals surface area contributed by atoms with Crippen LogP contribution in [0.15, 0.2) is 6.33 Å². The number of carbonyl (C=O) groups excluding carboxylic acids is 3. The molecule has 4 atom stereocenters. The van der Waals surface area contributed by atoms with Crippen LogP contribution in [-0.2, 0) is 30.4 Å². The van der Waals surface area contributed by atoms with Crippen molar-refractivity contribution in [3.05, 3.63) is 26.6 Å². The molecule has 0 aliphatic carbocycles. The summed E-state index contributed by atoms with van der Waals surface area (Å²) in [4.78, 5) is 60.6. The predicted molar refractivity (Wildman–Crippen MR) is 105 cm³/mol. The van der Waals surface area contributed by atoms with E-state index < -0.39 is 68.3 Å². The van der Waals surface area contributed by atoms with Crippen molar-refractivity contribution in [3.63, 3.8) is 0 Å². The molecule has 2 heterocycles. The third kappa shape index (κ3) is 5.28. The van der Waals surface area contributed by atoms with Gasteiger partial charge in [0.2, 0.25) is 0 Å². The SMILES string of the molecule is CCOC(=O)[C@H]1[C@H](C)[C@H](C(=O)OCC)S[C@@H]1NC(=O)Cn1cnc([N+](=O)[O-])c1[N+](=O)[O-]. The lowest BCUT2D eigenvalue weighted by molar-refractivity contribution is -0.428. The first-order valence-electron chi connectivity index (χ1n) is 9.24. The number of nitro groups is 2. The van der Waals surface area contributed by atoms with Crippen LogP contribution >= 0.6 is 11.8 Å². The third-order valence-corrected chi connectivity index (χ3v) is 6.11. The maximum Gasteiger partial charge on any atom is 0.462 e. The molecule has 170 valence electrons. The lowest BCUT2D eigenvalue weighted by Crippen LogP contribution is -2.42. The molecule has 15 heteroatoms. The number of rotatable bonds is 9. The molecule has 0 aromatic carbocycles. The van der Waals surface area contributed by atoms with Crippen LogP contribution < -0.4 is 5.32 Å². The van der Waals surface area contributed by atoms with Gasteiger partial charge < -0.3 is 35.0 Å². The molecule has 1 aromatic heterocycles. The Morgan fingerprint density at radius 3 is 2.32 bits per heavy atom. The van der Waals surface area contributed by atoms with Gasteiger partial charge in [-0.15, -0.1) is 11.8 Å². The Morgan fingerprint density at radius 1 is 1.16 bits per heavy atom. The van der Waals surface area contributed by atoms with Gasteiger partial charge in [-0.25, -0.2) is 0 Å². The number of imidazole rings is 1. The number of ether oxygens (including phenoxy) is 2. The highest BCUT2D eigenvalue weighted by atomic mass is 32.2. The lowest BCUT2D eigenvalue weighted by Gasteiger charge is -2.21. The van der Waals surface area contributed by atoms with Gasteiger partial charge in [-0.2, -0.15) is 4.57 Å². The molecule has 1 aliphatic heterocycles. The zero-order valence-electron chi connectivity index (χ0n) is 16.9. The number of hydrogen-bond acceptors (Lipinski definition) is 11. The number of nitrogens with zero attached hydrogens (tertiary/aromatic N) is 4. The molecular weight excluding hydrogens is 438 g/mol. The second-order valence-electron chi connectivity index (χ2n) is 6.47. The highest BCUT2D eigenvalue weighted by Crippen LogP contribution is 2.43. The number of amides is 1. The zero-order valence-corrected chi connectivity index (χ0v) is 17.7. The first-order valence-corrected chi connectivity index (χ1v) is 10.2. The van der Waals surface area contributed by atoms with Crippen LogP contribution in [0.25, 0.3) is 0 Å². The van der Waals surface area contributed by atoms with Gasteiger partial charge in [0, 0.05) is 4.98 Å². The highest BCUT2D eigenvalue weighted by Gasteiger charge is 2.50. The lowest BCUT2D eigenvalue weighted by atomic mass is 9.91. The van der Waals surface area contributed by atoms with Crippen LogP contribution in [0.4, 0.5) is 11.6 Å². The van der Waals surface area contributed by atoms with Crippen LogP contribution in [0.3, 0.4) is 0 Å². The number of thioether (sulfide) groups is 1. The first kappa shape index (κ1) is 24.0. The van der Waals surface area contributed by atoms with Crippen LogP contribution in [-0.4, -0.2) is 61.1 Å². The smallest absolute Gasteiger partial charge is 0.462 e. The van der Waals surface area contributed by atoms with Crippen molar-refractivity contribution in [3.8, 4) is 0 Å². The van der Waals surface area contributed by atoms with Crippen LogP contribution in [0, 0.1) is 32.1 Å². The summed E-state index contributed by atoms with van der Waals surface area (Å²) in [6.07, 6.45) is 0.810. The minimum Gasteiger partial charge on any atom is -0.466 e. The summed E-state index contributed by atoms with van der Waals surface area (Å²) in [6.45, 7) is 4.51. The van der Waals surface area contributed by atoms with Gasteiger partial charge in [0.05, 0.1) is 24.5 Å². The van der Waals surface area contributed by atoms with E-state index in [4.69, 9.17) is 9.47 Å². The van der Waals surface area contributed by atoms with Gasteiger partial charge in [0.25, 0.3) is 12.2 Å². The molecule has 0 bridgehead atoms. The van der Waals surface area contributed by atoms with Crippen molar-refractivity contribution in [2.75, 3.05) is 13.2 Å². The molecule has 0 radical (unpaired) electrons. The molecule has 0 saturated carbocycles. The van der Waals surface area contributed by atoms with E-state index in [9.17, 15) is 34.6 Å². The average molecular weight is 459 g/mol. The number of carbonyl (C=O) groups is 3. The quantitative estimate of drug-likeness (QED) is 0.310. The molecule has 1 amide bonds. The zero-order chi connectivity index (χ0) is 23.3. The van der Waals surface area contributed by atoms with E-state index >= 15 is 0 Å². The maximum atomic E-state index is 12.5. The molecule has 1 fully saturated rings. The van der Waals surface area contributed by atoms with Crippen LogP contribution in [0.1, 0.15) is 20.8 Å². The minimum atomic E-state index is -1.03. The van der Waals surface area contributed by atoms with Gasteiger partial charge in [-0.3, -0.25) is 14.4 Å². The van der Waals surface area contributed by atoms with E-state index in [1.807, 2.05) is 0 Å². The van der Waals surface area contributed by atoms with Crippen molar-refractivity contribution in [2.45, 2.75) is 37.9 Å². The van der Waals surface area contributed by atoms with E-state index in [2.05, 4.69) is 10.3 Å². The Morgan fingerprint density at radius 2 is 1.77 bits per heavy atom. The van der Waals surface area contributed by atoms with Crippen molar-refractivity contribution >= 4 is 41.2 Å². The second-order valence-corrected chi connectivity index (χ2v) is 7.76. The summed E-state index contributed by atoms with van der Waals surface area (Å²) in [6, 6.07) is 0. The van der Waals surface area contributed by atoms with Gasteiger partial charge in [0.15, 0.2) is 6.54 Å². The van der Waals surface area contributed by atoms with E-state index in [0.717, 1.165) is 22.7 Å². The van der Waals surface area contributed by atoms with Crippen LogP contribution in [0.2, 0.25) is 0 Å². The Bertz CT molecular complexity index is 889. The molecule has 14 nitrogen and oxygen atoms in total. The predicted octanol–water partition coefficient (Wildman–Crippen LogP) is 0.636. The van der Waals surface area contributed by atoms with E-state index in [1.54, 1.807) is 20.8 Å². The van der Waals surface area contributed by atoms with E-state index in [0.29, 0.717) is 0 Å². The van der Waals surface area contributed by atoms with Crippen molar-refractivity contribution in [1.29, 1.82) is 0 Å². The largest absolute Gasteiger partial charge is 0.466 e. The van der Waals surface area contributed by atoms with Gasteiger partial charge in [-0.05, 0) is 29.6 Å². The average Bonchev–Trinajstić information content (AvgIpc) is 3.23. The summed E-state index contributed by atoms with van der Waals surface area (Å²) in [5, 5.41) is 23.0. The summed E-state index contributed by atoms with van der Waals surface area (Å²) in [5.74, 6) is -5.23. The van der Waals surface area contributed by atoms with Crippen molar-refractivity contribution in [2.24, 2.45) is 11.8 Å². The number of nitrogens with one attached hydrogen (secondary N) is 1. The Labute approximate surface area is 179 Å². The van der Waals surface area contributed by atoms with Crippen LogP contribution in [0.5, 0.6) is 0 Å². The fourth-order valence-corrected chi connectivity index (χ4v) is 4.82. The Kier molecular flexibility index (Phi) is 7.90. The molecule has 1 N–H and O–H groups in total. The van der Waals surface area contributed by atoms with Crippen molar-refractivity contribution < 1.29 is 33.7 Å². The van der Waals surface area contributed by atoms with Gasteiger partial charge in [-0.1, -0.05) is 6.92 Å². The standard InChI is InChI=1S/C16H21N5O9S/c1-4-29-15(23)10-8(3)11(16(24)30-5-2)31-13(10)18-9(22)6-19-7-17-12(20(25)26)14(19)21(27)28/h7-8,10-11,13H,4-6H2,1-3H3,(H,18,22)/t8-,10-,11+,13-/m0/s1. The molecule has 1 saturated heterocycles. The van der Waals surface area contributed by atoms with E-state index in [-0.39, 0.29) is 13.2 Å². The molecular formula is C16H21N5O9S. The monoisotopic (exact) mass is 459 g/mol. The Balaban J connectivity index is 2.21. The normalized spacial score (nSPS) is 22.5. The summed E-state index contributed by atoms with van der Waals surface area (Å²) in [5.41, 5.74) is 0. The van der Waals surface area contributed by atoms with Gasteiger partial charge >= 0.3 is 23.6 Å². The second kappa shape index (κ2) is 10.2. The number of aromatic nitrogens is 2. The number of esters is 2. The molecule has 0 spiro atoms. The number of hydrogen-bond donors (Lipinski definition) is 1. The summed E-state index contributed by atoms with van der Waals surface area (Å²) in [7, 11) is 0. The molecule has 31 heavy (non-hydrogen) atoms. The van der Waals surface area contributed by atoms with Crippen molar-refractivity contribution in [1.82, 2.24) is 14.9 Å². The maximum absolute atomic E-state index is 12.5. The molecule has 1 aromatic rings. The first-order chi connectivity index (χ1) is 14.6. The fourth-order valence-electron chi connectivity index (χ4n) is 3.18.